The number of benzene rings is 1. The molecule has 2 N–H and O–H groups in total. The number of rotatable bonds is 7. The van der Waals surface area contributed by atoms with Crippen molar-refractivity contribution in [1.82, 2.24) is 5.32 Å². The smallest absolute Gasteiger partial charge is 0.0672 e. The van der Waals surface area contributed by atoms with Gasteiger partial charge in [0, 0.05) is 6.42 Å². The van der Waals surface area contributed by atoms with Crippen LogP contribution in [0.2, 0.25) is 0 Å². The molecule has 0 saturated heterocycles. The van der Waals surface area contributed by atoms with Gasteiger partial charge >= 0.3 is 0 Å². The van der Waals surface area contributed by atoms with Crippen LogP contribution in [0.3, 0.4) is 0 Å². The average molecular weight is 263 g/mol. The molecule has 19 heavy (non-hydrogen) atoms. The van der Waals surface area contributed by atoms with E-state index in [1.165, 1.54) is 16.7 Å². The fourth-order valence-corrected chi connectivity index (χ4v) is 2.19. The molecule has 0 fully saturated rings. The zero-order chi connectivity index (χ0) is 14.5. The van der Waals surface area contributed by atoms with Gasteiger partial charge in [0.2, 0.25) is 0 Å². The minimum absolute atomic E-state index is 0.633. The molecular weight excluding hydrogens is 234 g/mol. The summed E-state index contributed by atoms with van der Waals surface area (Å²) in [6.45, 7) is 12.4. The lowest BCUT2D eigenvalue weighted by atomic mass is 9.91. The Morgan fingerprint density at radius 2 is 1.89 bits per heavy atom. The summed E-state index contributed by atoms with van der Waals surface area (Å²) in [6, 6.07) is 6.45. The summed E-state index contributed by atoms with van der Waals surface area (Å²) in [5.74, 6) is 0.657. The number of aryl methyl sites for hydroxylation is 2. The first-order valence-corrected chi connectivity index (χ1v) is 7.29. The SMILES string of the molecule is Cc1ccc(CC(C)(O)CCNCC(C)C)cc1C. The first-order chi connectivity index (χ1) is 8.80. The third kappa shape index (κ3) is 6.22. The summed E-state index contributed by atoms with van der Waals surface area (Å²) < 4.78 is 0. The van der Waals surface area contributed by atoms with E-state index in [0.717, 1.165) is 25.9 Å². The minimum Gasteiger partial charge on any atom is -0.390 e. The van der Waals surface area contributed by atoms with Crippen molar-refractivity contribution in [2.75, 3.05) is 13.1 Å². The van der Waals surface area contributed by atoms with Crippen LogP contribution in [0.15, 0.2) is 18.2 Å². The standard InChI is InChI=1S/C17H29NO/c1-13(2)12-18-9-8-17(5,19)11-16-7-6-14(3)15(4)10-16/h6-7,10,13,18-19H,8-9,11-12H2,1-5H3. The molecule has 0 amide bonds. The highest BCUT2D eigenvalue weighted by molar-refractivity contribution is 5.30. The van der Waals surface area contributed by atoms with Gasteiger partial charge in [0.1, 0.15) is 0 Å². The van der Waals surface area contributed by atoms with Crippen molar-refractivity contribution in [3.05, 3.63) is 34.9 Å². The Bertz CT molecular complexity index is 396. The van der Waals surface area contributed by atoms with Crippen LogP contribution in [0.1, 0.15) is 43.9 Å². The molecule has 108 valence electrons. The Kier molecular flexibility index (Phi) is 6.02. The lowest BCUT2D eigenvalue weighted by Crippen LogP contribution is -2.33. The van der Waals surface area contributed by atoms with Gasteiger partial charge in [0.25, 0.3) is 0 Å². The monoisotopic (exact) mass is 263 g/mol. The van der Waals surface area contributed by atoms with Gasteiger partial charge in [-0.3, -0.25) is 0 Å². The van der Waals surface area contributed by atoms with Gasteiger partial charge < -0.3 is 10.4 Å². The highest BCUT2D eigenvalue weighted by Crippen LogP contribution is 2.18. The maximum Gasteiger partial charge on any atom is 0.0672 e. The molecule has 0 aliphatic heterocycles. The summed E-state index contributed by atoms with van der Waals surface area (Å²) in [4.78, 5) is 0. The molecule has 2 heteroatoms. The van der Waals surface area contributed by atoms with Crippen molar-refractivity contribution in [1.29, 1.82) is 0 Å². The molecule has 0 aliphatic carbocycles. The van der Waals surface area contributed by atoms with Crippen LogP contribution in [0.25, 0.3) is 0 Å². The van der Waals surface area contributed by atoms with E-state index >= 15 is 0 Å². The molecule has 0 heterocycles. The van der Waals surface area contributed by atoms with E-state index in [1.54, 1.807) is 0 Å². The number of hydrogen-bond donors (Lipinski definition) is 2. The molecule has 0 radical (unpaired) electrons. The Morgan fingerprint density at radius 1 is 1.21 bits per heavy atom. The highest BCUT2D eigenvalue weighted by atomic mass is 16.3. The van der Waals surface area contributed by atoms with E-state index in [1.807, 2.05) is 6.92 Å². The number of hydrogen-bond acceptors (Lipinski definition) is 2. The Labute approximate surface area is 118 Å². The quantitative estimate of drug-likeness (QED) is 0.740. The van der Waals surface area contributed by atoms with Gasteiger partial charge in [0.05, 0.1) is 5.60 Å². The second-order valence-corrected chi connectivity index (χ2v) is 6.44. The first kappa shape index (κ1) is 16.2. The molecular formula is C17H29NO. The molecule has 1 rings (SSSR count). The van der Waals surface area contributed by atoms with E-state index in [9.17, 15) is 5.11 Å². The Hall–Kier alpha value is -0.860. The van der Waals surface area contributed by atoms with Gasteiger partial charge in [-0.05, 0) is 62.9 Å². The summed E-state index contributed by atoms with van der Waals surface area (Å²) >= 11 is 0. The predicted octanol–water partition coefficient (Wildman–Crippen LogP) is 3.23. The van der Waals surface area contributed by atoms with E-state index in [0.29, 0.717) is 5.92 Å². The lowest BCUT2D eigenvalue weighted by molar-refractivity contribution is 0.0514. The minimum atomic E-state index is -0.633. The van der Waals surface area contributed by atoms with Crippen molar-refractivity contribution in [2.24, 2.45) is 5.92 Å². The topological polar surface area (TPSA) is 32.3 Å². The highest BCUT2D eigenvalue weighted by Gasteiger charge is 2.20. The van der Waals surface area contributed by atoms with Crippen LogP contribution in [0.5, 0.6) is 0 Å². The Morgan fingerprint density at radius 3 is 2.47 bits per heavy atom. The second kappa shape index (κ2) is 7.06. The third-order valence-electron chi connectivity index (χ3n) is 3.55. The van der Waals surface area contributed by atoms with Crippen LogP contribution < -0.4 is 5.32 Å². The average Bonchev–Trinajstić information content (AvgIpc) is 2.29. The second-order valence-electron chi connectivity index (χ2n) is 6.44. The maximum absolute atomic E-state index is 10.5. The largest absolute Gasteiger partial charge is 0.390 e. The summed E-state index contributed by atoms with van der Waals surface area (Å²) in [6.07, 6.45) is 1.50. The number of nitrogens with one attached hydrogen (secondary N) is 1. The molecule has 1 aromatic rings. The molecule has 0 aliphatic rings. The van der Waals surface area contributed by atoms with E-state index < -0.39 is 5.60 Å². The summed E-state index contributed by atoms with van der Waals surface area (Å²) in [5.41, 5.74) is 3.19. The normalized spacial score (nSPS) is 14.7. The van der Waals surface area contributed by atoms with Crippen LogP contribution in [-0.4, -0.2) is 23.8 Å². The van der Waals surface area contributed by atoms with Crippen LogP contribution in [-0.2, 0) is 6.42 Å². The fourth-order valence-electron chi connectivity index (χ4n) is 2.19. The van der Waals surface area contributed by atoms with Gasteiger partial charge in [-0.15, -0.1) is 0 Å². The molecule has 0 aromatic heterocycles. The van der Waals surface area contributed by atoms with Crippen LogP contribution in [0, 0.1) is 19.8 Å². The van der Waals surface area contributed by atoms with Crippen molar-refractivity contribution >= 4 is 0 Å². The predicted molar refractivity (Wildman–Crippen MR) is 82.6 cm³/mol. The molecule has 1 aromatic carbocycles. The zero-order valence-corrected chi connectivity index (χ0v) is 13.1. The lowest BCUT2D eigenvalue weighted by Gasteiger charge is -2.24. The van der Waals surface area contributed by atoms with Crippen molar-refractivity contribution < 1.29 is 5.11 Å². The van der Waals surface area contributed by atoms with Crippen molar-refractivity contribution in [3.8, 4) is 0 Å². The summed E-state index contributed by atoms with van der Waals surface area (Å²) in [7, 11) is 0. The Balaban J connectivity index is 2.46. The molecule has 1 unspecified atom stereocenters. The third-order valence-corrected chi connectivity index (χ3v) is 3.55. The first-order valence-electron chi connectivity index (χ1n) is 7.29. The molecule has 0 spiro atoms. The van der Waals surface area contributed by atoms with Crippen molar-refractivity contribution in [3.63, 3.8) is 0 Å². The maximum atomic E-state index is 10.5. The van der Waals surface area contributed by atoms with Gasteiger partial charge in [-0.2, -0.15) is 0 Å². The summed E-state index contributed by atoms with van der Waals surface area (Å²) in [5, 5.41) is 13.8. The zero-order valence-electron chi connectivity index (χ0n) is 13.1. The molecule has 2 nitrogen and oxygen atoms in total. The molecule has 0 saturated carbocycles. The van der Waals surface area contributed by atoms with Gasteiger partial charge in [-0.1, -0.05) is 32.0 Å². The number of aliphatic hydroxyl groups is 1. The molecule has 1 atom stereocenters. The molecule has 0 bridgehead atoms. The van der Waals surface area contributed by atoms with Crippen LogP contribution in [0.4, 0.5) is 0 Å². The van der Waals surface area contributed by atoms with E-state index in [-0.39, 0.29) is 0 Å². The van der Waals surface area contributed by atoms with Gasteiger partial charge in [-0.25, -0.2) is 0 Å². The van der Waals surface area contributed by atoms with E-state index in [2.05, 4.69) is 51.2 Å². The van der Waals surface area contributed by atoms with Gasteiger partial charge in [0.15, 0.2) is 0 Å². The van der Waals surface area contributed by atoms with Crippen LogP contribution >= 0.6 is 0 Å². The fraction of sp³-hybridized carbons (Fsp3) is 0.647. The van der Waals surface area contributed by atoms with Crippen molar-refractivity contribution in [2.45, 2.75) is 53.1 Å². The van der Waals surface area contributed by atoms with E-state index in [4.69, 9.17) is 0 Å².